The average molecular weight is 442 g/mol. The second kappa shape index (κ2) is 6.52. The fourth-order valence-corrected chi connectivity index (χ4v) is 4.69. The fraction of sp³-hybridized carbons (Fsp3) is 0.625. The van der Waals surface area contributed by atoms with Gasteiger partial charge in [-0.1, -0.05) is 51.9 Å². The van der Waals surface area contributed by atoms with Crippen molar-refractivity contribution in [3.05, 3.63) is 33.8 Å². The van der Waals surface area contributed by atoms with Gasteiger partial charge < -0.3 is 10.0 Å². The van der Waals surface area contributed by atoms with Crippen LogP contribution in [0.4, 0.5) is 0 Å². The maximum Gasteiger partial charge on any atom is 0.0737 e. The Labute approximate surface area is 150 Å². The lowest BCUT2D eigenvalue weighted by Crippen LogP contribution is -2.51. The summed E-state index contributed by atoms with van der Waals surface area (Å²) < 4.78 is 0.221. The molecule has 0 heterocycles. The van der Waals surface area contributed by atoms with Crippen molar-refractivity contribution in [1.82, 2.24) is 4.90 Å². The summed E-state index contributed by atoms with van der Waals surface area (Å²) in [4.78, 5) is 2.21. The molecule has 0 radical (unpaired) electrons. The molecule has 118 valence electrons. The highest BCUT2D eigenvalue weighted by Gasteiger charge is 2.46. The smallest absolute Gasteiger partial charge is 0.0737 e. The Kier molecular flexibility index (Phi) is 5.52. The summed E-state index contributed by atoms with van der Waals surface area (Å²) in [6, 6.07) is 5.96. The summed E-state index contributed by atoms with van der Waals surface area (Å²) in [6.07, 6.45) is 2.70. The normalized spacial score (nSPS) is 33.4. The lowest BCUT2D eigenvalue weighted by atomic mass is 9.65. The van der Waals surface area contributed by atoms with Crippen molar-refractivity contribution in [1.29, 1.82) is 0 Å². The van der Waals surface area contributed by atoms with Gasteiger partial charge in [0, 0.05) is 15.9 Å². The summed E-state index contributed by atoms with van der Waals surface area (Å²) >= 11 is 14.7. The number of hydrogen-bond acceptors (Lipinski definition) is 2. The Bertz CT molecular complexity index is 521. The van der Waals surface area contributed by atoms with E-state index in [1.165, 1.54) is 5.56 Å². The first-order chi connectivity index (χ1) is 9.66. The van der Waals surface area contributed by atoms with E-state index in [1.54, 1.807) is 0 Å². The SMILES string of the molecule is CN(C)CC1(c2ccc(Cl)c(Cl)c2)CCC(C)(O)C(I)C1. The predicted molar refractivity (Wildman–Crippen MR) is 99.0 cm³/mol. The molecule has 0 aliphatic heterocycles. The van der Waals surface area contributed by atoms with Gasteiger partial charge in [-0.05, 0) is 58.0 Å². The Hall–Kier alpha value is 0.450. The molecule has 5 heteroatoms. The molecule has 3 unspecified atom stereocenters. The van der Waals surface area contributed by atoms with Gasteiger partial charge in [0.25, 0.3) is 0 Å². The molecule has 1 aliphatic rings. The van der Waals surface area contributed by atoms with Crippen molar-refractivity contribution in [2.75, 3.05) is 20.6 Å². The van der Waals surface area contributed by atoms with Gasteiger partial charge in [0.05, 0.1) is 15.6 Å². The molecule has 0 bridgehead atoms. The first-order valence-electron chi connectivity index (χ1n) is 7.13. The third kappa shape index (κ3) is 3.86. The molecule has 0 amide bonds. The van der Waals surface area contributed by atoms with Crippen molar-refractivity contribution < 1.29 is 5.11 Å². The van der Waals surface area contributed by atoms with E-state index in [1.807, 2.05) is 19.1 Å². The van der Waals surface area contributed by atoms with Crippen molar-refractivity contribution in [2.24, 2.45) is 0 Å². The number of alkyl halides is 1. The molecular weight excluding hydrogens is 420 g/mol. The molecule has 1 saturated carbocycles. The molecule has 2 nitrogen and oxygen atoms in total. The van der Waals surface area contributed by atoms with E-state index in [9.17, 15) is 5.11 Å². The van der Waals surface area contributed by atoms with E-state index >= 15 is 0 Å². The molecule has 1 fully saturated rings. The zero-order valence-corrected chi connectivity index (χ0v) is 16.3. The van der Waals surface area contributed by atoms with Crippen LogP contribution in [0.15, 0.2) is 18.2 Å². The average Bonchev–Trinajstić information content (AvgIpc) is 2.37. The third-order valence-electron chi connectivity index (χ3n) is 4.51. The van der Waals surface area contributed by atoms with Gasteiger partial charge in [-0.15, -0.1) is 0 Å². The van der Waals surface area contributed by atoms with Crippen LogP contribution in [0, 0.1) is 0 Å². The number of hydrogen-bond donors (Lipinski definition) is 1. The zero-order chi connectivity index (χ0) is 15.8. The lowest BCUT2D eigenvalue weighted by Gasteiger charge is -2.47. The molecule has 3 atom stereocenters. The minimum absolute atomic E-state index is 0.0197. The second-order valence-electron chi connectivity index (χ2n) is 6.68. The van der Waals surface area contributed by atoms with Crippen molar-refractivity contribution in [3.63, 3.8) is 0 Å². The van der Waals surface area contributed by atoms with Gasteiger partial charge in [-0.25, -0.2) is 0 Å². The summed E-state index contributed by atoms with van der Waals surface area (Å²) in [5.74, 6) is 0. The van der Waals surface area contributed by atoms with Gasteiger partial charge in [-0.2, -0.15) is 0 Å². The van der Waals surface area contributed by atoms with Crippen LogP contribution in [-0.4, -0.2) is 40.2 Å². The van der Waals surface area contributed by atoms with Gasteiger partial charge in [-0.3, -0.25) is 0 Å². The summed E-state index contributed by atoms with van der Waals surface area (Å²) in [5, 5.41) is 11.7. The molecular formula is C16H22Cl2INO. The largest absolute Gasteiger partial charge is 0.389 e. The van der Waals surface area contributed by atoms with Gasteiger partial charge in [0.2, 0.25) is 0 Å². The van der Waals surface area contributed by atoms with E-state index in [2.05, 4.69) is 47.7 Å². The summed E-state index contributed by atoms with van der Waals surface area (Å²) in [7, 11) is 4.18. The van der Waals surface area contributed by atoms with E-state index in [4.69, 9.17) is 23.2 Å². The highest BCUT2D eigenvalue weighted by atomic mass is 127. The summed E-state index contributed by atoms with van der Waals surface area (Å²) in [5.41, 5.74) is 0.654. The van der Waals surface area contributed by atoms with E-state index in [0.717, 1.165) is 25.8 Å². The Balaban J connectivity index is 2.40. The molecule has 0 spiro atoms. The molecule has 2 rings (SSSR count). The zero-order valence-electron chi connectivity index (χ0n) is 12.7. The number of likely N-dealkylation sites (N-methyl/N-ethyl adjacent to an activating group) is 1. The Morgan fingerprint density at radius 1 is 1.29 bits per heavy atom. The molecule has 1 aliphatic carbocycles. The number of benzene rings is 1. The van der Waals surface area contributed by atoms with Crippen LogP contribution >= 0.6 is 45.8 Å². The van der Waals surface area contributed by atoms with Crippen molar-refractivity contribution >= 4 is 45.8 Å². The van der Waals surface area contributed by atoms with Crippen LogP contribution in [0.1, 0.15) is 31.7 Å². The molecule has 21 heavy (non-hydrogen) atoms. The molecule has 1 aromatic rings. The third-order valence-corrected chi connectivity index (χ3v) is 7.03. The summed E-state index contributed by atoms with van der Waals surface area (Å²) in [6.45, 7) is 2.89. The van der Waals surface area contributed by atoms with Crippen LogP contribution in [-0.2, 0) is 5.41 Å². The predicted octanol–water partition coefficient (Wildman–Crippen LogP) is 4.53. The maximum atomic E-state index is 10.5. The fourth-order valence-electron chi connectivity index (χ4n) is 3.24. The van der Waals surface area contributed by atoms with Crippen LogP contribution in [0.5, 0.6) is 0 Å². The minimum Gasteiger partial charge on any atom is -0.389 e. The molecule has 0 aromatic heterocycles. The first-order valence-corrected chi connectivity index (χ1v) is 9.13. The number of rotatable bonds is 3. The Morgan fingerprint density at radius 3 is 2.48 bits per heavy atom. The highest BCUT2D eigenvalue weighted by molar-refractivity contribution is 14.1. The van der Waals surface area contributed by atoms with Crippen LogP contribution in [0.25, 0.3) is 0 Å². The standard InChI is InChI=1S/C16H22Cl2INO/c1-15(21)6-7-16(9-14(15)19,10-20(2)3)11-4-5-12(17)13(18)8-11/h4-5,8,14,21H,6-7,9-10H2,1-3H3. The van der Waals surface area contributed by atoms with Gasteiger partial charge in [0.1, 0.15) is 0 Å². The Morgan fingerprint density at radius 2 is 1.95 bits per heavy atom. The van der Waals surface area contributed by atoms with Crippen LogP contribution in [0.3, 0.4) is 0 Å². The molecule has 1 N–H and O–H groups in total. The topological polar surface area (TPSA) is 23.5 Å². The quantitative estimate of drug-likeness (QED) is 0.550. The van der Waals surface area contributed by atoms with Crippen LogP contribution in [0.2, 0.25) is 10.0 Å². The monoisotopic (exact) mass is 441 g/mol. The molecule has 0 saturated heterocycles. The van der Waals surface area contributed by atoms with Crippen molar-refractivity contribution in [3.8, 4) is 0 Å². The highest BCUT2D eigenvalue weighted by Crippen LogP contribution is 2.47. The molecule has 1 aromatic carbocycles. The van der Waals surface area contributed by atoms with Crippen molar-refractivity contribution in [2.45, 2.75) is 41.1 Å². The van der Waals surface area contributed by atoms with Gasteiger partial charge in [0.15, 0.2) is 0 Å². The maximum absolute atomic E-state index is 10.5. The number of halogens is 3. The van der Waals surface area contributed by atoms with Gasteiger partial charge >= 0.3 is 0 Å². The first kappa shape index (κ1) is 17.8. The van der Waals surface area contributed by atoms with Crippen LogP contribution < -0.4 is 0 Å². The lowest BCUT2D eigenvalue weighted by molar-refractivity contribution is 0.00733. The number of nitrogens with zero attached hydrogens (tertiary/aromatic N) is 1. The second-order valence-corrected chi connectivity index (χ2v) is 8.99. The van der Waals surface area contributed by atoms with E-state index in [-0.39, 0.29) is 9.34 Å². The van der Waals surface area contributed by atoms with E-state index < -0.39 is 5.60 Å². The minimum atomic E-state index is -0.591. The number of aliphatic hydroxyl groups is 1. The van der Waals surface area contributed by atoms with E-state index in [0.29, 0.717) is 10.0 Å².